The molecule has 0 spiro atoms. The van der Waals surface area contributed by atoms with Crippen LogP contribution in [0.2, 0.25) is 0 Å². The number of para-hydroxylation sites is 1. The summed E-state index contributed by atoms with van der Waals surface area (Å²) in [6, 6.07) is 12.5. The Morgan fingerprint density at radius 2 is 1.82 bits per heavy atom. The SMILES string of the molecule is CC(CC(=O)Nc1ccccc1)=C(C#N)C#N. The number of allylic oxidation sites excluding steroid dienone is 1. The van der Waals surface area contributed by atoms with Crippen LogP contribution in [0.15, 0.2) is 41.5 Å². The molecule has 4 nitrogen and oxygen atoms in total. The van der Waals surface area contributed by atoms with Gasteiger partial charge in [-0.15, -0.1) is 0 Å². The van der Waals surface area contributed by atoms with Crippen molar-refractivity contribution in [3.8, 4) is 12.1 Å². The Morgan fingerprint density at radius 3 is 2.35 bits per heavy atom. The van der Waals surface area contributed by atoms with Crippen molar-refractivity contribution in [1.82, 2.24) is 0 Å². The molecule has 0 heterocycles. The molecule has 17 heavy (non-hydrogen) atoms. The number of rotatable bonds is 3. The Bertz CT molecular complexity index is 502. The van der Waals surface area contributed by atoms with E-state index in [4.69, 9.17) is 10.5 Å². The van der Waals surface area contributed by atoms with E-state index in [0.717, 1.165) is 0 Å². The monoisotopic (exact) mass is 225 g/mol. The van der Waals surface area contributed by atoms with E-state index in [9.17, 15) is 4.79 Å². The summed E-state index contributed by atoms with van der Waals surface area (Å²) < 4.78 is 0. The molecule has 0 radical (unpaired) electrons. The Labute approximate surface area is 99.8 Å². The third-order valence-corrected chi connectivity index (χ3v) is 2.13. The van der Waals surface area contributed by atoms with Crippen LogP contribution in [0.4, 0.5) is 5.69 Å². The Balaban J connectivity index is 2.67. The molecule has 1 amide bonds. The first-order valence-electron chi connectivity index (χ1n) is 5.02. The van der Waals surface area contributed by atoms with Gasteiger partial charge in [0.15, 0.2) is 0 Å². The predicted octanol–water partition coefficient (Wildman–Crippen LogP) is 2.38. The largest absolute Gasteiger partial charge is 0.326 e. The number of carbonyl (C=O) groups is 1. The second kappa shape index (κ2) is 6.09. The van der Waals surface area contributed by atoms with Gasteiger partial charge in [0.05, 0.1) is 0 Å². The molecule has 1 rings (SSSR count). The van der Waals surface area contributed by atoms with Gasteiger partial charge in [-0.3, -0.25) is 4.79 Å². The van der Waals surface area contributed by atoms with Gasteiger partial charge in [0.2, 0.25) is 5.91 Å². The number of benzene rings is 1. The van der Waals surface area contributed by atoms with E-state index in [2.05, 4.69) is 5.32 Å². The van der Waals surface area contributed by atoms with Gasteiger partial charge in [0.1, 0.15) is 17.7 Å². The number of hydrogen-bond acceptors (Lipinski definition) is 3. The molecule has 0 saturated carbocycles. The highest BCUT2D eigenvalue weighted by molar-refractivity contribution is 5.92. The summed E-state index contributed by atoms with van der Waals surface area (Å²) >= 11 is 0. The number of hydrogen-bond donors (Lipinski definition) is 1. The number of nitriles is 2. The van der Waals surface area contributed by atoms with Gasteiger partial charge in [0, 0.05) is 12.1 Å². The minimum atomic E-state index is -0.239. The number of anilines is 1. The summed E-state index contributed by atoms with van der Waals surface area (Å²) in [5.41, 5.74) is 1.16. The van der Waals surface area contributed by atoms with E-state index in [1.54, 1.807) is 31.2 Å². The van der Waals surface area contributed by atoms with Crippen molar-refractivity contribution < 1.29 is 4.79 Å². The highest BCUT2D eigenvalue weighted by atomic mass is 16.1. The molecule has 0 unspecified atom stereocenters. The predicted molar refractivity (Wildman–Crippen MR) is 63.6 cm³/mol. The van der Waals surface area contributed by atoms with Gasteiger partial charge >= 0.3 is 0 Å². The fraction of sp³-hybridized carbons (Fsp3) is 0.154. The zero-order valence-electron chi connectivity index (χ0n) is 9.40. The van der Waals surface area contributed by atoms with E-state index in [1.165, 1.54) is 0 Å². The second-order valence-corrected chi connectivity index (χ2v) is 3.47. The van der Waals surface area contributed by atoms with Crippen molar-refractivity contribution >= 4 is 11.6 Å². The van der Waals surface area contributed by atoms with E-state index >= 15 is 0 Å². The molecule has 0 bridgehead atoms. The summed E-state index contributed by atoms with van der Waals surface area (Å²) in [6.07, 6.45) is 0.0470. The molecule has 4 heteroatoms. The van der Waals surface area contributed by atoms with Crippen LogP contribution < -0.4 is 5.32 Å². The van der Waals surface area contributed by atoms with Gasteiger partial charge in [0.25, 0.3) is 0 Å². The molecular weight excluding hydrogens is 214 g/mol. The summed E-state index contributed by atoms with van der Waals surface area (Å²) in [7, 11) is 0. The van der Waals surface area contributed by atoms with Gasteiger partial charge in [-0.25, -0.2) is 0 Å². The molecule has 1 N–H and O–H groups in total. The summed E-state index contributed by atoms with van der Waals surface area (Å²) in [4.78, 5) is 11.6. The minimum Gasteiger partial charge on any atom is -0.326 e. The first-order chi connectivity index (χ1) is 8.17. The van der Waals surface area contributed by atoms with Gasteiger partial charge in [-0.1, -0.05) is 18.2 Å². The third-order valence-electron chi connectivity index (χ3n) is 2.13. The maximum atomic E-state index is 11.6. The molecule has 0 aliphatic heterocycles. The lowest BCUT2D eigenvalue weighted by Crippen LogP contribution is -2.11. The lowest BCUT2D eigenvalue weighted by molar-refractivity contribution is -0.115. The van der Waals surface area contributed by atoms with Crippen molar-refractivity contribution in [1.29, 1.82) is 10.5 Å². The normalized spacial score (nSPS) is 8.65. The van der Waals surface area contributed by atoms with Crippen LogP contribution in [0.25, 0.3) is 0 Å². The zero-order chi connectivity index (χ0) is 12.7. The summed E-state index contributed by atoms with van der Waals surface area (Å²) in [5.74, 6) is -0.239. The summed E-state index contributed by atoms with van der Waals surface area (Å²) in [6.45, 7) is 1.60. The van der Waals surface area contributed by atoms with Crippen LogP contribution in [-0.2, 0) is 4.79 Å². The van der Waals surface area contributed by atoms with Crippen molar-refractivity contribution in [2.45, 2.75) is 13.3 Å². The first kappa shape index (κ1) is 12.5. The molecule has 84 valence electrons. The molecule has 0 aliphatic carbocycles. The van der Waals surface area contributed by atoms with Crippen molar-refractivity contribution in [2.24, 2.45) is 0 Å². The number of amides is 1. The van der Waals surface area contributed by atoms with Crippen LogP contribution in [0, 0.1) is 22.7 Å². The Morgan fingerprint density at radius 1 is 1.24 bits per heavy atom. The Hall–Kier alpha value is -2.59. The highest BCUT2D eigenvalue weighted by Crippen LogP contribution is 2.10. The van der Waals surface area contributed by atoms with Crippen LogP contribution in [0.1, 0.15) is 13.3 Å². The van der Waals surface area contributed by atoms with E-state index < -0.39 is 0 Å². The molecule has 0 saturated heterocycles. The van der Waals surface area contributed by atoms with Crippen LogP contribution >= 0.6 is 0 Å². The van der Waals surface area contributed by atoms with Crippen LogP contribution in [0.3, 0.4) is 0 Å². The molecule has 0 aromatic heterocycles. The number of nitrogens with zero attached hydrogens (tertiary/aromatic N) is 2. The maximum absolute atomic E-state index is 11.6. The fourth-order valence-electron chi connectivity index (χ4n) is 1.27. The standard InChI is InChI=1S/C13H11N3O/c1-10(11(8-14)9-15)7-13(17)16-12-5-3-2-4-6-12/h2-6H,7H2,1H3,(H,16,17). The van der Waals surface area contributed by atoms with Gasteiger partial charge in [-0.05, 0) is 24.6 Å². The van der Waals surface area contributed by atoms with E-state index in [1.807, 2.05) is 18.2 Å². The topological polar surface area (TPSA) is 76.7 Å². The maximum Gasteiger partial charge on any atom is 0.228 e. The van der Waals surface area contributed by atoms with Gasteiger partial charge in [-0.2, -0.15) is 10.5 Å². The van der Waals surface area contributed by atoms with Crippen molar-refractivity contribution in [3.05, 3.63) is 41.5 Å². The molecular formula is C13H11N3O. The van der Waals surface area contributed by atoms with Gasteiger partial charge < -0.3 is 5.32 Å². The van der Waals surface area contributed by atoms with Crippen molar-refractivity contribution in [2.75, 3.05) is 5.32 Å². The minimum absolute atomic E-state index is 0.00629. The molecule has 0 fully saturated rings. The lowest BCUT2D eigenvalue weighted by Gasteiger charge is -2.04. The quantitative estimate of drug-likeness (QED) is 0.802. The third kappa shape index (κ3) is 3.81. The second-order valence-electron chi connectivity index (χ2n) is 3.47. The number of nitrogens with one attached hydrogen (secondary N) is 1. The smallest absolute Gasteiger partial charge is 0.228 e. The van der Waals surface area contributed by atoms with Crippen LogP contribution in [0.5, 0.6) is 0 Å². The Kier molecular flexibility index (Phi) is 4.47. The average Bonchev–Trinajstić information content (AvgIpc) is 2.31. The summed E-state index contributed by atoms with van der Waals surface area (Å²) in [5, 5.41) is 20.0. The average molecular weight is 225 g/mol. The molecule has 0 atom stereocenters. The highest BCUT2D eigenvalue weighted by Gasteiger charge is 2.07. The first-order valence-corrected chi connectivity index (χ1v) is 5.02. The molecule has 1 aromatic carbocycles. The van der Waals surface area contributed by atoms with Crippen LogP contribution in [-0.4, -0.2) is 5.91 Å². The molecule has 0 aliphatic rings. The van der Waals surface area contributed by atoms with E-state index in [-0.39, 0.29) is 17.9 Å². The van der Waals surface area contributed by atoms with E-state index in [0.29, 0.717) is 11.3 Å². The zero-order valence-corrected chi connectivity index (χ0v) is 9.40. The fourth-order valence-corrected chi connectivity index (χ4v) is 1.27. The van der Waals surface area contributed by atoms with Crippen molar-refractivity contribution in [3.63, 3.8) is 0 Å². The lowest BCUT2D eigenvalue weighted by atomic mass is 10.1. The molecule has 1 aromatic rings. The number of carbonyl (C=O) groups excluding carboxylic acids is 1.